The van der Waals surface area contributed by atoms with Gasteiger partial charge in [-0.2, -0.15) is 0 Å². The van der Waals surface area contributed by atoms with Gasteiger partial charge in [0.05, 0.1) is 34.4 Å². The highest BCUT2D eigenvalue weighted by molar-refractivity contribution is 5.95. The van der Waals surface area contributed by atoms with Gasteiger partial charge < -0.3 is 24.8 Å². The van der Waals surface area contributed by atoms with E-state index in [2.05, 4.69) is 10.6 Å². The zero-order valence-corrected chi connectivity index (χ0v) is 16.7. The highest BCUT2D eigenvalue weighted by atomic mass is 19.1. The lowest BCUT2D eigenvalue weighted by atomic mass is 10.2. The van der Waals surface area contributed by atoms with Gasteiger partial charge in [0, 0.05) is 23.5 Å². The number of anilines is 2. The minimum Gasteiger partial charge on any atom is -0.493 e. The quantitative estimate of drug-likeness (QED) is 0.666. The molecule has 0 aromatic heterocycles. The molecule has 2 aromatic rings. The fourth-order valence-corrected chi connectivity index (χ4v) is 2.67. The first-order chi connectivity index (χ1) is 13.9. The van der Waals surface area contributed by atoms with Crippen LogP contribution in [0.4, 0.5) is 15.8 Å². The SMILES string of the molecule is COc1cc(NC(=O)CN(C)CC(=O)Nc2cccc(F)c2)cc(OC)c1OC. The molecule has 0 unspecified atom stereocenters. The third-order valence-electron chi connectivity index (χ3n) is 3.88. The van der Waals surface area contributed by atoms with Gasteiger partial charge in [0.25, 0.3) is 0 Å². The van der Waals surface area contributed by atoms with Crippen LogP contribution in [0, 0.1) is 5.82 Å². The summed E-state index contributed by atoms with van der Waals surface area (Å²) in [5.74, 6) is 0.0917. The van der Waals surface area contributed by atoms with Crippen molar-refractivity contribution < 1.29 is 28.2 Å². The first-order valence-corrected chi connectivity index (χ1v) is 8.70. The highest BCUT2D eigenvalue weighted by Crippen LogP contribution is 2.39. The van der Waals surface area contributed by atoms with Gasteiger partial charge in [-0.3, -0.25) is 14.5 Å². The molecular weight excluding hydrogens is 381 g/mol. The zero-order chi connectivity index (χ0) is 21.4. The molecule has 0 aliphatic carbocycles. The van der Waals surface area contributed by atoms with Crippen molar-refractivity contribution in [3.63, 3.8) is 0 Å². The molecule has 9 heteroatoms. The van der Waals surface area contributed by atoms with E-state index >= 15 is 0 Å². The van der Waals surface area contributed by atoms with Crippen molar-refractivity contribution in [3.8, 4) is 17.2 Å². The summed E-state index contributed by atoms with van der Waals surface area (Å²) in [4.78, 5) is 25.9. The van der Waals surface area contributed by atoms with Crippen molar-refractivity contribution in [2.45, 2.75) is 0 Å². The van der Waals surface area contributed by atoms with Gasteiger partial charge in [0.2, 0.25) is 17.6 Å². The number of hydrogen-bond donors (Lipinski definition) is 2. The summed E-state index contributed by atoms with van der Waals surface area (Å²) in [6.45, 7) is -0.0770. The molecule has 2 amide bonds. The molecule has 0 heterocycles. The Morgan fingerprint density at radius 1 is 0.897 bits per heavy atom. The molecule has 0 aliphatic rings. The van der Waals surface area contributed by atoms with Crippen LogP contribution >= 0.6 is 0 Å². The molecule has 29 heavy (non-hydrogen) atoms. The predicted molar refractivity (Wildman–Crippen MR) is 107 cm³/mol. The maximum Gasteiger partial charge on any atom is 0.238 e. The maximum atomic E-state index is 13.2. The number of nitrogens with zero attached hydrogens (tertiary/aromatic N) is 1. The minimum atomic E-state index is -0.444. The smallest absolute Gasteiger partial charge is 0.238 e. The van der Waals surface area contributed by atoms with E-state index in [1.54, 1.807) is 25.2 Å². The summed E-state index contributed by atoms with van der Waals surface area (Å²) in [5, 5.41) is 5.31. The molecule has 0 saturated carbocycles. The lowest BCUT2D eigenvalue weighted by molar-refractivity contribution is -0.119. The maximum absolute atomic E-state index is 13.2. The van der Waals surface area contributed by atoms with E-state index in [4.69, 9.17) is 14.2 Å². The fourth-order valence-electron chi connectivity index (χ4n) is 2.67. The van der Waals surface area contributed by atoms with Gasteiger partial charge in [0.15, 0.2) is 11.5 Å². The molecule has 0 saturated heterocycles. The molecular formula is C20H24FN3O5. The van der Waals surface area contributed by atoms with E-state index < -0.39 is 5.82 Å². The normalized spacial score (nSPS) is 10.4. The summed E-state index contributed by atoms with van der Waals surface area (Å²) < 4.78 is 28.9. The van der Waals surface area contributed by atoms with Gasteiger partial charge in [0.1, 0.15) is 5.82 Å². The number of nitrogens with one attached hydrogen (secondary N) is 2. The number of hydrogen-bond acceptors (Lipinski definition) is 6. The van der Waals surface area contributed by atoms with E-state index in [9.17, 15) is 14.0 Å². The molecule has 0 fully saturated rings. The lowest BCUT2D eigenvalue weighted by Gasteiger charge is -2.17. The molecule has 0 bridgehead atoms. The Labute approximate surface area is 168 Å². The van der Waals surface area contributed by atoms with Crippen molar-refractivity contribution in [3.05, 3.63) is 42.2 Å². The van der Waals surface area contributed by atoms with Gasteiger partial charge >= 0.3 is 0 Å². The summed E-state index contributed by atoms with van der Waals surface area (Å²) in [7, 11) is 6.07. The fraction of sp³-hybridized carbons (Fsp3) is 0.300. The van der Waals surface area contributed by atoms with Crippen LogP contribution in [-0.2, 0) is 9.59 Å². The monoisotopic (exact) mass is 405 g/mol. The van der Waals surface area contributed by atoms with E-state index in [1.807, 2.05) is 0 Å². The van der Waals surface area contributed by atoms with E-state index in [-0.39, 0.29) is 24.9 Å². The second kappa shape index (κ2) is 10.3. The Balaban J connectivity index is 1.93. The Morgan fingerprint density at radius 3 is 1.93 bits per heavy atom. The molecule has 8 nitrogen and oxygen atoms in total. The summed E-state index contributed by atoms with van der Waals surface area (Å²) in [6.07, 6.45) is 0. The van der Waals surface area contributed by atoms with Crippen LogP contribution in [0.3, 0.4) is 0 Å². The van der Waals surface area contributed by atoms with Crippen molar-refractivity contribution in [2.75, 3.05) is 52.1 Å². The predicted octanol–water partition coefficient (Wildman–Crippen LogP) is 2.36. The lowest BCUT2D eigenvalue weighted by Crippen LogP contribution is -2.36. The number of carbonyl (C=O) groups is 2. The molecule has 156 valence electrons. The van der Waals surface area contributed by atoms with Gasteiger partial charge in [-0.1, -0.05) is 6.07 Å². The number of rotatable bonds is 9. The number of methoxy groups -OCH3 is 3. The Bertz CT molecular complexity index is 850. The molecule has 2 N–H and O–H groups in total. The Morgan fingerprint density at radius 2 is 1.45 bits per heavy atom. The molecule has 2 aromatic carbocycles. The number of amides is 2. The van der Waals surface area contributed by atoms with Crippen LogP contribution < -0.4 is 24.8 Å². The van der Waals surface area contributed by atoms with Crippen LogP contribution in [0.25, 0.3) is 0 Å². The average molecular weight is 405 g/mol. The standard InChI is InChI=1S/C20H24FN3O5/c1-24(11-18(25)22-14-7-5-6-13(21)8-14)12-19(26)23-15-9-16(27-2)20(29-4)17(10-15)28-3/h5-10H,11-12H2,1-4H3,(H,22,25)(H,23,26). The topological polar surface area (TPSA) is 89.1 Å². The molecule has 2 rings (SSSR count). The number of halogens is 1. The number of ether oxygens (including phenoxy) is 3. The highest BCUT2D eigenvalue weighted by Gasteiger charge is 2.16. The van der Waals surface area contributed by atoms with Crippen LogP contribution in [0.15, 0.2) is 36.4 Å². The third-order valence-corrected chi connectivity index (χ3v) is 3.88. The van der Waals surface area contributed by atoms with Crippen LogP contribution in [0.1, 0.15) is 0 Å². The summed E-state index contributed by atoms with van der Waals surface area (Å²) >= 11 is 0. The average Bonchev–Trinajstić information content (AvgIpc) is 2.66. The van der Waals surface area contributed by atoms with Crippen LogP contribution in [-0.4, -0.2) is 58.2 Å². The minimum absolute atomic E-state index is 0.0345. The molecule has 0 atom stereocenters. The van der Waals surface area contributed by atoms with Gasteiger partial charge in [-0.15, -0.1) is 0 Å². The van der Waals surface area contributed by atoms with Gasteiger partial charge in [-0.05, 0) is 25.2 Å². The Kier molecular flexibility index (Phi) is 7.79. The van der Waals surface area contributed by atoms with Crippen molar-refractivity contribution in [1.82, 2.24) is 4.90 Å². The van der Waals surface area contributed by atoms with Crippen molar-refractivity contribution in [1.29, 1.82) is 0 Å². The second-order valence-electron chi connectivity index (χ2n) is 6.19. The zero-order valence-electron chi connectivity index (χ0n) is 16.7. The number of benzene rings is 2. The first-order valence-electron chi connectivity index (χ1n) is 8.70. The van der Waals surface area contributed by atoms with Crippen LogP contribution in [0.5, 0.6) is 17.2 Å². The van der Waals surface area contributed by atoms with Gasteiger partial charge in [-0.25, -0.2) is 4.39 Å². The largest absolute Gasteiger partial charge is 0.493 e. The van der Waals surface area contributed by atoms with Crippen molar-refractivity contribution >= 4 is 23.2 Å². The third kappa shape index (κ3) is 6.35. The molecule has 0 radical (unpaired) electrons. The molecule has 0 aliphatic heterocycles. The van der Waals surface area contributed by atoms with E-state index in [0.717, 1.165) is 0 Å². The summed E-state index contributed by atoms with van der Waals surface area (Å²) in [5.41, 5.74) is 0.812. The second-order valence-corrected chi connectivity index (χ2v) is 6.19. The van der Waals surface area contributed by atoms with Crippen LogP contribution in [0.2, 0.25) is 0 Å². The Hall–Kier alpha value is -3.33. The number of carbonyl (C=O) groups excluding carboxylic acids is 2. The van der Waals surface area contributed by atoms with E-state index in [1.165, 1.54) is 44.4 Å². The summed E-state index contributed by atoms with van der Waals surface area (Å²) in [6, 6.07) is 8.80. The first kappa shape index (κ1) is 22.0. The molecule has 0 spiro atoms. The van der Waals surface area contributed by atoms with E-state index in [0.29, 0.717) is 28.6 Å². The van der Waals surface area contributed by atoms with Crippen molar-refractivity contribution in [2.24, 2.45) is 0 Å². The number of likely N-dealkylation sites (N-methyl/N-ethyl adjacent to an activating group) is 1.